The van der Waals surface area contributed by atoms with Gasteiger partial charge in [0.2, 0.25) is 0 Å². The van der Waals surface area contributed by atoms with Crippen LogP contribution >= 0.6 is 0 Å². The lowest BCUT2D eigenvalue weighted by Gasteiger charge is -2.21. The van der Waals surface area contributed by atoms with Crippen molar-refractivity contribution in [1.29, 1.82) is 0 Å². The largest absolute Gasteiger partial charge is 0.480 e. The summed E-state index contributed by atoms with van der Waals surface area (Å²) in [5, 5.41) is 0. The molecular weight excluding hydrogens is 195 g/mol. The summed E-state index contributed by atoms with van der Waals surface area (Å²) >= 11 is 0. The van der Waals surface area contributed by atoms with E-state index >= 15 is 0 Å². The lowest BCUT2D eigenvalue weighted by molar-refractivity contribution is -0.127. The molecule has 0 spiro atoms. The standard InChI is InChI=1S/C12H13FO2/c13-9-5-1-3-7-11(9)15-12-8-4-2-6-10(12)14/h1,3,5,7,12H,2,4,6,8H2. The Labute approximate surface area is 88.1 Å². The van der Waals surface area contributed by atoms with Crippen LogP contribution in [-0.4, -0.2) is 11.9 Å². The first-order valence-corrected chi connectivity index (χ1v) is 5.21. The summed E-state index contributed by atoms with van der Waals surface area (Å²) < 4.78 is 18.6. The van der Waals surface area contributed by atoms with E-state index in [4.69, 9.17) is 4.74 Å². The molecule has 1 saturated carbocycles. The van der Waals surface area contributed by atoms with Gasteiger partial charge in [-0.1, -0.05) is 12.1 Å². The Morgan fingerprint density at radius 2 is 2.07 bits per heavy atom. The number of benzene rings is 1. The minimum absolute atomic E-state index is 0.0875. The number of hydrogen-bond acceptors (Lipinski definition) is 2. The van der Waals surface area contributed by atoms with Crippen molar-refractivity contribution >= 4 is 5.78 Å². The van der Waals surface area contributed by atoms with E-state index in [-0.39, 0.29) is 11.5 Å². The van der Waals surface area contributed by atoms with Crippen LogP contribution in [0.2, 0.25) is 0 Å². The third-order valence-corrected chi connectivity index (χ3v) is 2.60. The first-order valence-electron chi connectivity index (χ1n) is 5.21. The Morgan fingerprint density at radius 3 is 2.80 bits per heavy atom. The molecule has 0 saturated heterocycles. The molecule has 1 fully saturated rings. The molecule has 0 aliphatic heterocycles. The van der Waals surface area contributed by atoms with Crippen LogP contribution in [0.25, 0.3) is 0 Å². The van der Waals surface area contributed by atoms with E-state index in [1.165, 1.54) is 6.07 Å². The fourth-order valence-corrected chi connectivity index (χ4v) is 1.77. The van der Waals surface area contributed by atoms with Crippen molar-refractivity contribution in [2.75, 3.05) is 0 Å². The molecule has 1 atom stereocenters. The molecule has 0 radical (unpaired) electrons. The summed E-state index contributed by atoms with van der Waals surface area (Å²) in [4.78, 5) is 11.5. The fraction of sp³-hybridized carbons (Fsp3) is 0.417. The summed E-state index contributed by atoms with van der Waals surface area (Å²) in [7, 11) is 0. The first kappa shape index (κ1) is 10.1. The summed E-state index contributed by atoms with van der Waals surface area (Å²) in [6.07, 6.45) is 2.71. The van der Waals surface area contributed by atoms with Crippen molar-refractivity contribution in [2.45, 2.75) is 31.8 Å². The zero-order valence-electron chi connectivity index (χ0n) is 8.41. The molecule has 2 rings (SSSR count). The third-order valence-electron chi connectivity index (χ3n) is 2.60. The van der Waals surface area contributed by atoms with Crippen LogP contribution < -0.4 is 4.74 Å². The monoisotopic (exact) mass is 208 g/mol. The zero-order chi connectivity index (χ0) is 10.7. The second-order valence-corrected chi connectivity index (χ2v) is 3.75. The summed E-state index contributed by atoms with van der Waals surface area (Å²) in [6.45, 7) is 0. The Balaban J connectivity index is 2.08. The average molecular weight is 208 g/mol. The van der Waals surface area contributed by atoms with Gasteiger partial charge in [0.15, 0.2) is 23.5 Å². The molecule has 0 bridgehead atoms. The maximum atomic E-state index is 13.2. The highest BCUT2D eigenvalue weighted by atomic mass is 19.1. The van der Waals surface area contributed by atoms with E-state index in [1.54, 1.807) is 18.2 Å². The van der Waals surface area contributed by atoms with Crippen LogP contribution in [0, 0.1) is 5.82 Å². The van der Waals surface area contributed by atoms with Crippen molar-refractivity contribution in [2.24, 2.45) is 0 Å². The molecule has 1 aliphatic carbocycles. The molecule has 0 heterocycles. The number of carbonyl (C=O) groups excluding carboxylic acids is 1. The molecule has 1 aromatic carbocycles. The van der Waals surface area contributed by atoms with Crippen LogP contribution in [0.3, 0.4) is 0 Å². The van der Waals surface area contributed by atoms with Crippen molar-refractivity contribution in [3.05, 3.63) is 30.1 Å². The van der Waals surface area contributed by atoms with Gasteiger partial charge < -0.3 is 4.74 Å². The molecule has 0 aromatic heterocycles. The fourth-order valence-electron chi connectivity index (χ4n) is 1.77. The van der Waals surface area contributed by atoms with Gasteiger partial charge in [0.25, 0.3) is 0 Å². The van der Waals surface area contributed by atoms with E-state index in [0.717, 1.165) is 12.8 Å². The Kier molecular flexibility index (Phi) is 2.99. The van der Waals surface area contributed by atoms with Gasteiger partial charge in [-0.3, -0.25) is 4.79 Å². The average Bonchev–Trinajstić information content (AvgIpc) is 2.24. The van der Waals surface area contributed by atoms with Crippen LogP contribution in [0.4, 0.5) is 4.39 Å². The smallest absolute Gasteiger partial charge is 0.173 e. The molecule has 2 nitrogen and oxygen atoms in total. The number of halogens is 1. The van der Waals surface area contributed by atoms with Crippen molar-refractivity contribution in [1.82, 2.24) is 0 Å². The molecule has 0 N–H and O–H groups in total. The quantitative estimate of drug-likeness (QED) is 0.747. The lowest BCUT2D eigenvalue weighted by Crippen LogP contribution is -2.30. The van der Waals surface area contributed by atoms with Crippen molar-refractivity contribution in [3.8, 4) is 5.75 Å². The van der Waals surface area contributed by atoms with Gasteiger partial charge in [-0.15, -0.1) is 0 Å². The van der Waals surface area contributed by atoms with E-state index in [1.807, 2.05) is 0 Å². The molecule has 1 unspecified atom stereocenters. The van der Waals surface area contributed by atoms with Gasteiger partial charge in [0.05, 0.1) is 0 Å². The van der Waals surface area contributed by atoms with Crippen LogP contribution in [0.5, 0.6) is 5.75 Å². The van der Waals surface area contributed by atoms with Gasteiger partial charge in [0, 0.05) is 6.42 Å². The molecule has 0 amide bonds. The molecule has 1 aliphatic rings. The van der Waals surface area contributed by atoms with Gasteiger partial charge in [-0.2, -0.15) is 0 Å². The Hall–Kier alpha value is -1.38. The van der Waals surface area contributed by atoms with Crippen molar-refractivity contribution in [3.63, 3.8) is 0 Å². The first-order chi connectivity index (χ1) is 7.27. The minimum atomic E-state index is -0.448. The van der Waals surface area contributed by atoms with Gasteiger partial charge in [-0.05, 0) is 31.4 Å². The van der Waals surface area contributed by atoms with Gasteiger partial charge in [-0.25, -0.2) is 4.39 Å². The van der Waals surface area contributed by atoms with E-state index in [9.17, 15) is 9.18 Å². The number of ether oxygens (including phenoxy) is 1. The Bertz CT molecular complexity index is 362. The maximum absolute atomic E-state index is 13.2. The van der Waals surface area contributed by atoms with Crippen molar-refractivity contribution < 1.29 is 13.9 Å². The number of carbonyl (C=O) groups is 1. The highest BCUT2D eigenvalue weighted by molar-refractivity contribution is 5.84. The predicted molar refractivity (Wildman–Crippen MR) is 54.3 cm³/mol. The summed E-state index contributed by atoms with van der Waals surface area (Å²) in [5.74, 6) is -0.141. The third kappa shape index (κ3) is 2.35. The Morgan fingerprint density at radius 1 is 1.27 bits per heavy atom. The molecule has 3 heteroatoms. The number of Topliss-reactive ketones (excluding diaryl/α,β-unsaturated/α-hetero) is 1. The second-order valence-electron chi connectivity index (χ2n) is 3.75. The van der Waals surface area contributed by atoms with E-state index in [0.29, 0.717) is 12.8 Å². The highest BCUT2D eigenvalue weighted by Crippen LogP contribution is 2.23. The number of hydrogen-bond donors (Lipinski definition) is 0. The van der Waals surface area contributed by atoms with Crippen LogP contribution in [-0.2, 0) is 4.79 Å². The van der Waals surface area contributed by atoms with Crippen LogP contribution in [0.1, 0.15) is 25.7 Å². The summed E-state index contributed by atoms with van der Waals surface area (Å²) in [6, 6.07) is 6.19. The highest BCUT2D eigenvalue weighted by Gasteiger charge is 2.24. The number of ketones is 1. The van der Waals surface area contributed by atoms with E-state index < -0.39 is 11.9 Å². The zero-order valence-corrected chi connectivity index (χ0v) is 8.41. The number of para-hydroxylation sites is 1. The molecule has 15 heavy (non-hydrogen) atoms. The SMILES string of the molecule is O=C1CCCCC1Oc1ccccc1F. The minimum Gasteiger partial charge on any atom is -0.480 e. The van der Waals surface area contributed by atoms with Crippen LogP contribution in [0.15, 0.2) is 24.3 Å². The van der Waals surface area contributed by atoms with Gasteiger partial charge >= 0.3 is 0 Å². The predicted octanol–water partition coefficient (Wildman–Crippen LogP) is 2.72. The number of rotatable bonds is 2. The molecule has 1 aromatic rings. The lowest BCUT2D eigenvalue weighted by atomic mass is 9.96. The summed E-state index contributed by atoms with van der Waals surface area (Å²) in [5.41, 5.74) is 0. The second kappa shape index (κ2) is 4.43. The van der Waals surface area contributed by atoms with E-state index in [2.05, 4.69) is 0 Å². The van der Waals surface area contributed by atoms with Gasteiger partial charge in [0.1, 0.15) is 0 Å². The maximum Gasteiger partial charge on any atom is 0.173 e. The topological polar surface area (TPSA) is 26.3 Å². The normalized spacial score (nSPS) is 21.4. The molecule has 80 valence electrons. The molecular formula is C12H13FO2.